The number of ether oxygens (including phenoxy) is 2. The molecule has 116 valence electrons. The maximum absolute atomic E-state index is 11.7. The Hall–Kier alpha value is -1.59. The average Bonchev–Trinajstić information content (AvgIpc) is 3.04. The fourth-order valence-electron chi connectivity index (χ4n) is 2.56. The van der Waals surface area contributed by atoms with E-state index in [-0.39, 0.29) is 25.2 Å². The molecule has 1 aliphatic carbocycles. The Balaban J connectivity index is 1.74. The minimum atomic E-state index is -0.795. The summed E-state index contributed by atoms with van der Waals surface area (Å²) in [6, 6.07) is 7.23. The van der Waals surface area contributed by atoms with Crippen molar-refractivity contribution in [3.05, 3.63) is 29.8 Å². The van der Waals surface area contributed by atoms with Crippen LogP contribution in [0.1, 0.15) is 37.4 Å². The summed E-state index contributed by atoms with van der Waals surface area (Å²) in [6.45, 7) is 0.205. The van der Waals surface area contributed by atoms with Gasteiger partial charge in [0.15, 0.2) is 0 Å². The van der Waals surface area contributed by atoms with E-state index in [0.29, 0.717) is 11.3 Å². The van der Waals surface area contributed by atoms with Gasteiger partial charge in [0, 0.05) is 12.1 Å². The van der Waals surface area contributed by atoms with Crippen LogP contribution in [0, 0.1) is 0 Å². The quantitative estimate of drug-likeness (QED) is 0.804. The molecule has 0 spiro atoms. The smallest absolute Gasteiger partial charge is 0.246 e. The molecule has 0 aliphatic heterocycles. The second-order valence-electron chi connectivity index (χ2n) is 5.28. The lowest BCUT2D eigenvalue weighted by Gasteiger charge is -2.16. The van der Waals surface area contributed by atoms with Crippen LogP contribution in [-0.2, 0) is 9.53 Å². The SMILES string of the molecule is COc1ccccc1C(O)CNC(=O)COC1CCCC1. The molecule has 1 saturated carbocycles. The van der Waals surface area contributed by atoms with E-state index in [1.54, 1.807) is 19.2 Å². The highest BCUT2D eigenvalue weighted by Gasteiger charge is 2.17. The number of methoxy groups -OCH3 is 1. The van der Waals surface area contributed by atoms with Gasteiger partial charge in [-0.15, -0.1) is 0 Å². The molecule has 0 bridgehead atoms. The number of hydrogen-bond acceptors (Lipinski definition) is 4. The summed E-state index contributed by atoms with van der Waals surface area (Å²) in [5, 5.41) is 12.8. The van der Waals surface area contributed by atoms with Gasteiger partial charge in [0.25, 0.3) is 0 Å². The Labute approximate surface area is 125 Å². The molecule has 5 nitrogen and oxygen atoms in total. The number of aliphatic hydroxyl groups is 1. The molecule has 1 aromatic carbocycles. The number of para-hydroxylation sites is 1. The summed E-state index contributed by atoms with van der Waals surface area (Å²) in [5.74, 6) is 0.414. The van der Waals surface area contributed by atoms with Gasteiger partial charge in [0.1, 0.15) is 12.4 Å². The molecule has 0 heterocycles. The Bertz CT molecular complexity index is 457. The van der Waals surface area contributed by atoms with Crippen LogP contribution in [0.25, 0.3) is 0 Å². The van der Waals surface area contributed by atoms with E-state index in [2.05, 4.69) is 5.32 Å². The van der Waals surface area contributed by atoms with Crippen LogP contribution in [-0.4, -0.2) is 37.4 Å². The van der Waals surface area contributed by atoms with Crippen molar-refractivity contribution in [3.8, 4) is 5.75 Å². The molecule has 1 amide bonds. The molecular weight excluding hydrogens is 270 g/mol. The minimum absolute atomic E-state index is 0.0588. The van der Waals surface area contributed by atoms with Gasteiger partial charge in [0.05, 0.1) is 19.3 Å². The van der Waals surface area contributed by atoms with Crippen LogP contribution in [0.15, 0.2) is 24.3 Å². The number of amides is 1. The van der Waals surface area contributed by atoms with Crippen molar-refractivity contribution in [2.45, 2.75) is 37.9 Å². The fraction of sp³-hybridized carbons (Fsp3) is 0.562. The average molecular weight is 293 g/mol. The summed E-state index contributed by atoms with van der Waals surface area (Å²) < 4.78 is 10.7. The molecule has 1 fully saturated rings. The largest absolute Gasteiger partial charge is 0.496 e. The Morgan fingerprint density at radius 3 is 2.81 bits per heavy atom. The lowest BCUT2D eigenvalue weighted by Crippen LogP contribution is -2.32. The number of carbonyl (C=O) groups excluding carboxylic acids is 1. The highest BCUT2D eigenvalue weighted by Crippen LogP contribution is 2.24. The van der Waals surface area contributed by atoms with Gasteiger partial charge in [-0.2, -0.15) is 0 Å². The zero-order valence-corrected chi connectivity index (χ0v) is 12.4. The van der Waals surface area contributed by atoms with Crippen molar-refractivity contribution in [3.63, 3.8) is 0 Å². The molecule has 1 aromatic rings. The monoisotopic (exact) mass is 293 g/mol. The number of hydrogen-bond donors (Lipinski definition) is 2. The molecule has 0 radical (unpaired) electrons. The maximum Gasteiger partial charge on any atom is 0.246 e. The van der Waals surface area contributed by atoms with Gasteiger partial charge >= 0.3 is 0 Å². The van der Waals surface area contributed by atoms with Crippen LogP contribution in [0.4, 0.5) is 0 Å². The molecule has 1 unspecified atom stereocenters. The van der Waals surface area contributed by atoms with Crippen LogP contribution >= 0.6 is 0 Å². The Morgan fingerprint density at radius 2 is 2.10 bits per heavy atom. The third-order valence-corrected chi connectivity index (χ3v) is 3.74. The van der Waals surface area contributed by atoms with Crippen LogP contribution in [0.3, 0.4) is 0 Å². The first-order valence-corrected chi connectivity index (χ1v) is 7.40. The molecule has 1 atom stereocenters. The van der Waals surface area contributed by atoms with Crippen molar-refractivity contribution < 1.29 is 19.4 Å². The van der Waals surface area contributed by atoms with Gasteiger partial charge in [-0.25, -0.2) is 0 Å². The Morgan fingerprint density at radius 1 is 1.38 bits per heavy atom. The van der Waals surface area contributed by atoms with E-state index < -0.39 is 6.10 Å². The minimum Gasteiger partial charge on any atom is -0.496 e. The predicted molar refractivity (Wildman–Crippen MR) is 79.2 cm³/mol. The molecule has 0 saturated heterocycles. The number of aliphatic hydroxyl groups excluding tert-OH is 1. The summed E-state index contributed by atoms with van der Waals surface area (Å²) in [6.07, 6.45) is 3.86. The van der Waals surface area contributed by atoms with E-state index in [0.717, 1.165) is 12.8 Å². The lowest BCUT2D eigenvalue weighted by atomic mass is 10.1. The van der Waals surface area contributed by atoms with Crippen LogP contribution in [0.2, 0.25) is 0 Å². The first kappa shape index (κ1) is 15.8. The number of nitrogens with one attached hydrogen (secondary N) is 1. The van der Waals surface area contributed by atoms with E-state index in [4.69, 9.17) is 9.47 Å². The van der Waals surface area contributed by atoms with Crippen LogP contribution < -0.4 is 10.1 Å². The van der Waals surface area contributed by atoms with Crippen molar-refractivity contribution in [2.75, 3.05) is 20.3 Å². The molecular formula is C16H23NO4. The third-order valence-electron chi connectivity index (χ3n) is 3.74. The topological polar surface area (TPSA) is 67.8 Å². The summed E-state index contributed by atoms with van der Waals surface area (Å²) in [7, 11) is 1.56. The van der Waals surface area contributed by atoms with E-state index in [1.807, 2.05) is 12.1 Å². The van der Waals surface area contributed by atoms with Crippen molar-refractivity contribution in [2.24, 2.45) is 0 Å². The number of carbonyl (C=O) groups is 1. The van der Waals surface area contributed by atoms with Gasteiger partial charge in [0.2, 0.25) is 5.91 Å². The second kappa shape index (κ2) is 8.00. The molecule has 0 aromatic heterocycles. The van der Waals surface area contributed by atoms with Crippen LogP contribution in [0.5, 0.6) is 5.75 Å². The highest BCUT2D eigenvalue weighted by atomic mass is 16.5. The van der Waals surface area contributed by atoms with Crippen molar-refractivity contribution in [1.29, 1.82) is 0 Å². The van der Waals surface area contributed by atoms with Gasteiger partial charge in [-0.05, 0) is 18.9 Å². The fourth-order valence-corrected chi connectivity index (χ4v) is 2.56. The van der Waals surface area contributed by atoms with E-state index in [9.17, 15) is 9.90 Å². The first-order chi connectivity index (χ1) is 10.2. The summed E-state index contributed by atoms with van der Waals surface area (Å²) >= 11 is 0. The second-order valence-corrected chi connectivity index (χ2v) is 5.28. The predicted octanol–water partition coefficient (Wildman–Crippen LogP) is 1.80. The van der Waals surface area contributed by atoms with E-state index in [1.165, 1.54) is 12.8 Å². The summed E-state index contributed by atoms with van der Waals surface area (Å²) in [5.41, 5.74) is 0.664. The van der Waals surface area contributed by atoms with Crippen molar-refractivity contribution >= 4 is 5.91 Å². The van der Waals surface area contributed by atoms with Crippen molar-refractivity contribution in [1.82, 2.24) is 5.32 Å². The maximum atomic E-state index is 11.7. The van der Waals surface area contributed by atoms with Gasteiger partial charge in [-0.1, -0.05) is 31.0 Å². The molecule has 21 heavy (non-hydrogen) atoms. The molecule has 5 heteroatoms. The third kappa shape index (κ3) is 4.72. The molecule has 1 aliphatic rings. The first-order valence-electron chi connectivity index (χ1n) is 7.40. The zero-order chi connectivity index (χ0) is 15.1. The molecule has 2 N–H and O–H groups in total. The van der Waals surface area contributed by atoms with E-state index >= 15 is 0 Å². The summed E-state index contributed by atoms with van der Waals surface area (Å²) in [4.78, 5) is 11.7. The number of benzene rings is 1. The lowest BCUT2D eigenvalue weighted by molar-refractivity contribution is -0.128. The Kier molecular flexibility index (Phi) is 6.02. The zero-order valence-electron chi connectivity index (χ0n) is 12.4. The number of rotatable bonds is 7. The highest BCUT2D eigenvalue weighted by molar-refractivity contribution is 5.77. The van der Waals surface area contributed by atoms with Gasteiger partial charge in [-0.3, -0.25) is 4.79 Å². The molecule has 2 rings (SSSR count). The normalized spacial score (nSPS) is 16.7. The standard InChI is InChI=1S/C16H23NO4/c1-20-15-9-5-4-8-13(15)14(18)10-17-16(19)11-21-12-6-2-3-7-12/h4-5,8-9,12,14,18H,2-3,6-7,10-11H2,1H3,(H,17,19). The van der Waals surface area contributed by atoms with Gasteiger partial charge < -0.3 is 19.9 Å².